The number of hydrogen-bond acceptors (Lipinski definition) is 7. The number of para-hydroxylation sites is 1. The molecule has 0 radical (unpaired) electrons. The van der Waals surface area contributed by atoms with Crippen molar-refractivity contribution in [3.63, 3.8) is 0 Å². The molecule has 2 aromatic heterocycles. The zero-order valence-electron chi connectivity index (χ0n) is 17.6. The molecule has 162 valence electrons. The molecule has 4 aromatic rings. The fourth-order valence-corrected chi connectivity index (χ4v) is 3.06. The van der Waals surface area contributed by atoms with Crippen LogP contribution in [0.1, 0.15) is 13.8 Å². The molecule has 0 bridgehead atoms. The first-order chi connectivity index (χ1) is 15.4. The van der Waals surface area contributed by atoms with Gasteiger partial charge in [0.1, 0.15) is 23.6 Å². The number of carbonyl (C=O) groups is 2. The summed E-state index contributed by atoms with van der Waals surface area (Å²) in [5.74, 6) is 6.78. The minimum Gasteiger partial charge on any atom is -0.457 e. The molecule has 32 heavy (non-hydrogen) atoms. The number of carbonyl (C=O) groups excluding carboxylic acids is 2. The summed E-state index contributed by atoms with van der Waals surface area (Å²) in [6.45, 7) is 3.34. The van der Waals surface area contributed by atoms with Crippen LogP contribution in [0.15, 0.2) is 73.2 Å². The highest BCUT2D eigenvalue weighted by molar-refractivity contribution is 6.01. The van der Waals surface area contributed by atoms with Crippen molar-refractivity contribution in [2.45, 2.75) is 13.8 Å². The fourth-order valence-electron chi connectivity index (χ4n) is 3.06. The number of anilines is 2. The average molecular weight is 430 g/mol. The van der Waals surface area contributed by atoms with Crippen LogP contribution in [0.5, 0.6) is 11.5 Å². The van der Waals surface area contributed by atoms with Gasteiger partial charge in [0.2, 0.25) is 5.91 Å². The molecular weight excluding hydrogens is 408 g/mol. The zero-order valence-corrected chi connectivity index (χ0v) is 17.6. The SMILES string of the molecule is CC(C)C(=O)N(N)C(=O)n1ccc2c(Nc3ccc(Oc4ccccc4)cc3)ncnc21. The quantitative estimate of drug-likeness (QED) is 0.276. The Labute approximate surface area is 184 Å². The third-order valence-corrected chi connectivity index (χ3v) is 4.72. The third-order valence-electron chi connectivity index (χ3n) is 4.72. The van der Waals surface area contributed by atoms with Gasteiger partial charge in [-0.2, -0.15) is 5.01 Å². The molecule has 0 fully saturated rings. The molecule has 0 atom stereocenters. The molecule has 0 spiro atoms. The summed E-state index contributed by atoms with van der Waals surface area (Å²) in [5.41, 5.74) is 1.11. The second-order valence-electron chi connectivity index (χ2n) is 7.36. The van der Waals surface area contributed by atoms with Crippen molar-refractivity contribution < 1.29 is 14.3 Å². The highest BCUT2D eigenvalue weighted by Crippen LogP contribution is 2.27. The molecule has 0 aliphatic heterocycles. The summed E-state index contributed by atoms with van der Waals surface area (Å²) >= 11 is 0. The van der Waals surface area contributed by atoms with Crippen molar-refractivity contribution >= 4 is 34.5 Å². The first-order valence-electron chi connectivity index (χ1n) is 9.99. The number of hydrazine groups is 1. The van der Waals surface area contributed by atoms with Gasteiger partial charge >= 0.3 is 6.03 Å². The topological polar surface area (TPSA) is 115 Å². The lowest BCUT2D eigenvalue weighted by Crippen LogP contribution is -2.46. The maximum absolute atomic E-state index is 12.7. The lowest BCUT2D eigenvalue weighted by molar-refractivity contribution is -0.131. The minimum atomic E-state index is -0.689. The van der Waals surface area contributed by atoms with Gasteiger partial charge in [-0.1, -0.05) is 32.0 Å². The van der Waals surface area contributed by atoms with Crippen LogP contribution < -0.4 is 15.9 Å². The largest absolute Gasteiger partial charge is 0.457 e. The van der Waals surface area contributed by atoms with E-state index >= 15 is 0 Å². The maximum atomic E-state index is 12.7. The number of hydrogen-bond donors (Lipinski definition) is 2. The lowest BCUT2D eigenvalue weighted by atomic mass is 10.2. The number of amides is 2. The molecule has 0 saturated carbocycles. The van der Waals surface area contributed by atoms with E-state index in [4.69, 9.17) is 10.6 Å². The van der Waals surface area contributed by atoms with Crippen LogP contribution in [0.4, 0.5) is 16.3 Å². The Morgan fingerprint density at radius 3 is 2.38 bits per heavy atom. The lowest BCUT2D eigenvalue weighted by Gasteiger charge is -2.17. The monoisotopic (exact) mass is 430 g/mol. The molecule has 2 aromatic carbocycles. The highest BCUT2D eigenvalue weighted by Gasteiger charge is 2.24. The predicted molar refractivity (Wildman–Crippen MR) is 120 cm³/mol. The molecule has 9 nitrogen and oxygen atoms in total. The molecule has 0 aliphatic rings. The van der Waals surface area contributed by atoms with Crippen molar-refractivity contribution in [2.75, 3.05) is 5.32 Å². The molecule has 4 rings (SSSR count). The van der Waals surface area contributed by atoms with Crippen molar-refractivity contribution in [1.82, 2.24) is 19.5 Å². The van der Waals surface area contributed by atoms with Crippen LogP contribution in [0.3, 0.4) is 0 Å². The second kappa shape index (κ2) is 8.86. The Hall–Kier alpha value is -4.24. The van der Waals surface area contributed by atoms with Gasteiger partial charge in [0, 0.05) is 17.8 Å². The van der Waals surface area contributed by atoms with E-state index in [2.05, 4.69) is 15.3 Å². The van der Waals surface area contributed by atoms with Gasteiger partial charge in [-0.3, -0.25) is 9.36 Å². The van der Waals surface area contributed by atoms with Crippen LogP contribution in [0.2, 0.25) is 0 Å². The standard InChI is InChI=1S/C23H22N6O3/c1-15(2)22(30)29(24)23(31)28-13-12-19-20(25-14-26-21(19)28)27-16-8-10-18(11-9-16)32-17-6-4-3-5-7-17/h3-15H,24H2,1-2H3,(H,25,26,27). The molecule has 3 N–H and O–H groups in total. The van der Waals surface area contributed by atoms with E-state index in [1.807, 2.05) is 54.6 Å². The van der Waals surface area contributed by atoms with Gasteiger partial charge < -0.3 is 10.1 Å². The van der Waals surface area contributed by atoms with Gasteiger partial charge in [0.05, 0.1) is 5.39 Å². The maximum Gasteiger partial charge on any atom is 0.351 e. The van der Waals surface area contributed by atoms with Crippen LogP contribution in [-0.2, 0) is 4.79 Å². The van der Waals surface area contributed by atoms with Gasteiger partial charge in [-0.05, 0) is 42.5 Å². The molecular formula is C23H22N6O3. The Morgan fingerprint density at radius 1 is 1.00 bits per heavy atom. The minimum absolute atomic E-state index is 0.337. The van der Waals surface area contributed by atoms with E-state index in [9.17, 15) is 9.59 Å². The van der Waals surface area contributed by atoms with Crippen LogP contribution in [0.25, 0.3) is 11.0 Å². The van der Waals surface area contributed by atoms with E-state index < -0.39 is 17.9 Å². The summed E-state index contributed by atoms with van der Waals surface area (Å²) in [4.78, 5) is 33.2. The number of nitrogens with one attached hydrogen (secondary N) is 1. The van der Waals surface area contributed by atoms with E-state index in [1.165, 1.54) is 17.1 Å². The van der Waals surface area contributed by atoms with E-state index in [0.717, 1.165) is 11.4 Å². The number of rotatable bonds is 5. The van der Waals surface area contributed by atoms with Crippen molar-refractivity contribution in [2.24, 2.45) is 11.8 Å². The van der Waals surface area contributed by atoms with Crippen LogP contribution >= 0.6 is 0 Å². The smallest absolute Gasteiger partial charge is 0.351 e. The van der Waals surface area contributed by atoms with Gasteiger partial charge in [-0.15, -0.1) is 0 Å². The summed E-state index contributed by atoms with van der Waals surface area (Å²) in [6.07, 6.45) is 2.85. The Morgan fingerprint density at radius 2 is 1.69 bits per heavy atom. The Bertz CT molecular complexity index is 1250. The van der Waals surface area contributed by atoms with E-state index in [-0.39, 0.29) is 0 Å². The molecule has 0 unspecified atom stereocenters. The molecule has 0 aliphatic carbocycles. The van der Waals surface area contributed by atoms with Gasteiger partial charge in [0.15, 0.2) is 5.65 Å². The van der Waals surface area contributed by atoms with Crippen molar-refractivity contribution in [1.29, 1.82) is 0 Å². The van der Waals surface area contributed by atoms with Crippen LogP contribution in [-0.4, -0.2) is 31.5 Å². The van der Waals surface area contributed by atoms with Crippen molar-refractivity contribution in [3.8, 4) is 11.5 Å². The van der Waals surface area contributed by atoms with Gasteiger partial charge in [-0.25, -0.2) is 20.6 Å². The second-order valence-corrected chi connectivity index (χ2v) is 7.36. The Kier molecular flexibility index (Phi) is 5.82. The number of fused-ring (bicyclic) bond motifs is 1. The average Bonchev–Trinajstić information content (AvgIpc) is 3.24. The number of aromatic nitrogens is 3. The highest BCUT2D eigenvalue weighted by atomic mass is 16.5. The number of imide groups is 1. The molecule has 9 heteroatoms. The Balaban J connectivity index is 1.54. The van der Waals surface area contributed by atoms with Crippen molar-refractivity contribution in [3.05, 3.63) is 73.2 Å². The molecule has 2 heterocycles. The first-order valence-corrected chi connectivity index (χ1v) is 9.99. The zero-order chi connectivity index (χ0) is 22.7. The number of nitrogens with two attached hydrogens (primary N) is 1. The normalized spacial score (nSPS) is 10.9. The van der Waals surface area contributed by atoms with Gasteiger partial charge in [0.25, 0.3) is 0 Å². The summed E-state index contributed by atoms with van der Waals surface area (Å²) in [7, 11) is 0. The van der Waals surface area contributed by atoms with E-state index in [0.29, 0.717) is 27.6 Å². The predicted octanol–water partition coefficient (Wildman–Crippen LogP) is 4.29. The molecule has 2 amide bonds. The van der Waals surface area contributed by atoms with Crippen LogP contribution in [0, 0.1) is 5.92 Å². The summed E-state index contributed by atoms with van der Waals surface area (Å²) in [6, 6.07) is 17.9. The number of nitrogens with zero attached hydrogens (tertiary/aromatic N) is 4. The number of ether oxygens (including phenoxy) is 1. The van der Waals surface area contributed by atoms with E-state index in [1.54, 1.807) is 19.9 Å². The third kappa shape index (κ3) is 4.28. The molecule has 0 saturated heterocycles. The summed E-state index contributed by atoms with van der Waals surface area (Å²) in [5, 5.41) is 4.43. The first kappa shape index (κ1) is 21.0. The number of benzene rings is 2. The fraction of sp³-hybridized carbons (Fsp3) is 0.130. The summed E-state index contributed by atoms with van der Waals surface area (Å²) < 4.78 is 7.03.